The average molecular weight is 286 g/mol. The van der Waals surface area contributed by atoms with Gasteiger partial charge in [0.25, 0.3) is 0 Å². The van der Waals surface area contributed by atoms with Gasteiger partial charge in [-0.05, 0) is 45.6 Å². The van der Waals surface area contributed by atoms with Gasteiger partial charge in [-0.2, -0.15) is 0 Å². The van der Waals surface area contributed by atoms with Gasteiger partial charge in [-0.25, -0.2) is 0 Å². The molecule has 0 aromatic carbocycles. The predicted octanol–water partition coefficient (Wildman–Crippen LogP) is 4.85. The van der Waals surface area contributed by atoms with Crippen LogP contribution in [0, 0.1) is 0 Å². The molecule has 2 unspecified atom stereocenters. The van der Waals surface area contributed by atoms with E-state index < -0.39 is 0 Å². The van der Waals surface area contributed by atoms with Crippen LogP contribution in [0.5, 0.6) is 0 Å². The molecule has 1 nitrogen and oxygen atoms in total. The number of halogens is 1. The maximum atomic E-state index is 6.15. The third kappa shape index (κ3) is 6.67. The lowest BCUT2D eigenvalue weighted by Crippen LogP contribution is -2.28. The summed E-state index contributed by atoms with van der Waals surface area (Å²) in [7, 11) is 0. The topological polar surface area (TPSA) is 12.0 Å². The Hall–Kier alpha value is -0.180. The molecule has 102 valence electrons. The molecule has 0 heterocycles. The first-order chi connectivity index (χ1) is 8.40. The summed E-state index contributed by atoms with van der Waals surface area (Å²) in [6, 6.07) is 0.421. The van der Waals surface area contributed by atoms with Gasteiger partial charge in [0.1, 0.15) is 0 Å². The zero-order valence-electron chi connectivity index (χ0n) is 11.6. The summed E-state index contributed by atoms with van der Waals surface area (Å²) in [5.74, 6) is 0. The molecule has 1 N–H and O–H groups in total. The molecule has 0 amide bonds. The molecule has 18 heavy (non-hydrogen) atoms. The van der Waals surface area contributed by atoms with Gasteiger partial charge < -0.3 is 0 Å². The smallest absolute Gasteiger partial charge is 0.0556 e. The Morgan fingerprint density at radius 3 is 2.89 bits per heavy atom. The van der Waals surface area contributed by atoms with Crippen LogP contribution in [-0.4, -0.2) is 16.2 Å². The third-order valence-electron chi connectivity index (χ3n) is 2.55. The van der Waals surface area contributed by atoms with E-state index in [0.29, 0.717) is 6.04 Å². The summed E-state index contributed by atoms with van der Waals surface area (Å²) in [4.78, 5) is 0. The Morgan fingerprint density at radius 1 is 1.61 bits per heavy atom. The summed E-state index contributed by atoms with van der Waals surface area (Å²) in [6.45, 7) is 10.5. The van der Waals surface area contributed by atoms with Gasteiger partial charge in [-0.15, -0.1) is 18.2 Å². The molecule has 0 radical (unpaired) electrons. The summed E-state index contributed by atoms with van der Waals surface area (Å²) in [6.07, 6.45) is 11.4. The first kappa shape index (κ1) is 15.9. The minimum atomic E-state index is 0.157. The van der Waals surface area contributed by atoms with Gasteiger partial charge in [0, 0.05) is 10.8 Å². The molecule has 3 heteroatoms. The molecule has 0 aromatic rings. The summed E-state index contributed by atoms with van der Waals surface area (Å²) in [5, 5.41) is 0.157. The highest BCUT2D eigenvalue weighted by molar-refractivity contribution is 7.98. The standard InChI is InChI=1S/C15H24ClNS/c1-5-7-14(17-18-15(2,3)4)11-12-8-6-9-13(16)10-12/h5-6,8,10,13-14,17H,1,7,9,11H2,2-4H3. The Morgan fingerprint density at radius 2 is 2.33 bits per heavy atom. The van der Waals surface area contributed by atoms with E-state index in [1.54, 1.807) is 11.9 Å². The molecule has 0 aromatic heterocycles. The van der Waals surface area contributed by atoms with Gasteiger partial charge in [-0.1, -0.05) is 36.3 Å². The van der Waals surface area contributed by atoms with Crippen molar-refractivity contribution in [2.24, 2.45) is 0 Å². The number of hydrogen-bond donors (Lipinski definition) is 1. The SMILES string of the molecule is C=CCC(CC1=CC(Cl)CC=C1)NSC(C)(C)C. The van der Waals surface area contributed by atoms with Gasteiger partial charge in [0.15, 0.2) is 0 Å². The van der Waals surface area contributed by atoms with E-state index >= 15 is 0 Å². The van der Waals surface area contributed by atoms with Crippen molar-refractivity contribution in [1.29, 1.82) is 0 Å². The average Bonchev–Trinajstić information content (AvgIpc) is 2.25. The fraction of sp³-hybridized carbons (Fsp3) is 0.600. The zero-order valence-corrected chi connectivity index (χ0v) is 13.2. The molecule has 1 aliphatic carbocycles. The number of nitrogens with one attached hydrogen (secondary N) is 1. The largest absolute Gasteiger partial charge is 0.260 e. The summed E-state index contributed by atoms with van der Waals surface area (Å²) < 4.78 is 3.78. The molecule has 0 spiro atoms. The second-order valence-electron chi connectivity index (χ2n) is 5.65. The number of hydrogen-bond acceptors (Lipinski definition) is 2. The zero-order chi connectivity index (χ0) is 13.6. The van der Waals surface area contributed by atoms with Crippen molar-refractivity contribution in [3.05, 3.63) is 36.5 Å². The van der Waals surface area contributed by atoms with Crippen LogP contribution < -0.4 is 4.72 Å². The Bertz CT molecular complexity index is 328. The second-order valence-corrected chi connectivity index (χ2v) is 7.88. The first-order valence-corrected chi connectivity index (χ1v) is 7.72. The van der Waals surface area contributed by atoms with Gasteiger partial charge in [0.2, 0.25) is 0 Å². The normalized spacial score (nSPS) is 21.6. The van der Waals surface area contributed by atoms with Crippen LogP contribution in [0.2, 0.25) is 0 Å². The lowest BCUT2D eigenvalue weighted by Gasteiger charge is -2.24. The van der Waals surface area contributed by atoms with Gasteiger partial charge in [-0.3, -0.25) is 4.72 Å². The molecular weight excluding hydrogens is 262 g/mol. The van der Waals surface area contributed by atoms with E-state index in [4.69, 9.17) is 11.6 Å². The van der Waals surface area contributed by atoms with Crippen molar-refractivity contribution in [2.45, 2.75) is 56.2 Å². The number of allylic oxidation sites excluding steroid dienone is 3. The molecule has 0 saturated carbocycles. The highest BCUT2D eigenvalue weighted by atomic mass is 35.5. The molecule has 2 atom stereocenters. The lowest BCUT2D eigenvalue weighted by molar-refractivity contribution is 0.627. The molecule has 1 rings (SSSR count). The maximum Gasteiger partial charge on any atom is 0.0556 e. The van der Waals surface area contributed by atoms with Gasteiger partial charge >= 0.3 is 0 Å². The molecular formula is C15H24ClNS. The predicted molar refractivity (Wildman–Crippen MR) is 85.2 cm³/mol. The molecule has 0 fully saturated rings. The monoisotopic (exact) mass is 285 g/mol. The Labute approximate surface area is 121 Å². The minimum Gasteiger partial charge on any atom is -0.260 e. The molecule has 1 aliphatic rings. The van der Waals surface area contributed by atoms with Crippen LogP contribution in [0.4, 0.5) is 0 Å². The van der Waals surface area contributed by atoms with Crippen LogP contribution in [0.3, 0.4) is 0 Å². The molecule has 0 bridgehead atoms. The minimum absolute atomic E-state index is 0.157. The van der Waals surface area contributed by atoms with Crippen molar-refractivity contribution in [1.82, 2.24) is 4.72 Å². The van der Waals surface area contributed by atoms with Crippen molar-refractivity contribution in [3.63, 3.8) is 0 Å². The van der Waals surface area contributed by atoms with E-state index in [2.05, 4.69) is 50.3 Å². The van der Waals surface area contributed by atoms with E-state index in [9.17, 15) is 0 Å². The van der Waals surface area contributed by atoms with Crippen molar-refractivity contribution in [3.8, 4) is 0 Å². The number of rotatable bonds is 6. The van der Waals surface area contributed by atoms with E-state index in [1.807, 2.05) is 6.08 Å². The molecule has 0 aliphatic heterocycles. The maximum absolute atomic E-state index is 6.15. The van der Waals surface area contributed by atoms with Crippen LogP contribution in [0.25, 0.3) is 0 Å². The van der Waals surface area contributed by atoms with E-state index in [0.717, 1.165) is 19.3 Å². The Balaban J connectivity index is 2.52. The highest BCUT2D eigenvalue weighted by Gasteiger charge is 2.16. The first-order valence-electron chi connectivity index (χ1n) is 6.46. The lowest BCUT2D eigenvalue weighted by atomic mass is 9.99. The summed E-state index contributed by atoms with van der Waals surface area (Å²) in [5.41, 5.74) is 1.33. The fourth-order valence-corrected chi connectivity index (χ4v) is 2.72. The number of alkyl halides is 1. The van der Waals surface area contributed by atoms with Crippen LogP contribution in [0.15, 0.2) is 36.5 Å². The van der Waals surface area contributed by atoms with Crippen LogP contribution in [0.1, 0.15) is 40.0 Å². The molecule has 0 saturated heterocycles. The van der Waals surface area contributed by atoms with Crippen LogP contribution in [-0.2, 0) is 0 Å². The summed E-state index contributed by atoms with van der Waals surface area (Å²) >= 11 is 7.94. The highest BCUT2D eigenvalue weighted by Crippen LogP contribution is 2.24. The van der Waals surface area contributed by atoms with Crippen molar-refractivity contribution >= 4 is 23.5 Å². The quantitative estimate of drug-likeness (QED) is 0.425. The fourth-order valence-electron chi connectivity index (χ4n) is 1.76. The Kier molecular flexibility index (Phi) is 6.54. The van der Waals surface area contributed by atoms with Crippen LogP contribution >= 0.6 is 23.5 Å². The van der Waals surface area contributed by atoms with E-state index in [-0.39, 0.29) is 10.1 Å². The van der Waals surface area contributed by atoms with Gasteiger partial charge in [0.05, 0.1) is 5.38 Å². The van der Waals surface area contributed by atoms with Crippen molar-refractivity contribution < 1.29 is 0 Å². The van der Waals surface area contributed by atoms with Crippen molar-refractivity contribution in [2.75, 3.05) is 0 Å². The third-order valence-corrected chi connectivity index (χ3v) is 3.92. The second kappa shape index (κ2) is 7.42. The van der Waals surface area contributed by atoms with E-state index in [1.165, 1.54) is 5.57 Å².